The van der Waals surface area contributed by atoms with Crippen LogP contribution < -0.4 is 15.4 Å². The summed E-state index contributed by atoms with van der Waals surface area (Å²) in [5, 5.41) is 5.70. The molecule has 3 atom stereocenters. The number of carbonyl (C=O) groups excluding carboxylic acids is 5. The van der Waals surface area contributed by atoms with E-state index in [4.69, 9.17) is 9.47 Å². The summed E-state index contributed by atoms with van der Waals surface area (Å²) in [7, 11) is 1.29. The second-order valence-electron chi connectivity index (χ2n) is 11.3. The number of hydrogen-bond donors (Lipinski definition) is 2. The molecule has 1 aliphatic heterocycles. The highest BCUT2D eigenvalue weighted by molar-refractivity contribution is 5.94. The second kappa shape index (κ2) is 18.2. The maximum atomic E-state index is 13.8. The lowest BCUT2D eigenvalue weighted by molar-refractivity contribution is -0.152. The Hall–Kier alpha value is -3.43. The molecular formula is C32H49N3O7. The molecule has 2 rings (SSSR count). The van der Waals surface area contributed by atoms with Gasteiger partial charge in [-0.25, -0.2) is 4.79 Å². The van der Waals surface area contributed by atoms with E-state index in [-0.39, 0.29) is 30.1 Å². The van der Waals surface area contributed by atoms with Gasteiger partial charge in [-0.2, -0.15) is 0 Å². The van der Waals surface area contributed by atoms with Gasteiger partial charge in [0.05, 0.1) is 7.11 Å². The van der Waals surface area contributed by atoms with Gasteiger partial charge in [-0.3, -0.25) is 19.2 Å². The molecule has 10 heteroatoms. The fourth-order valence-electron chi connectivity index (χ4n) is 5.02. The van der Waals surface area contributed by atoms with Crippen molar-refractivity contribution >= 4 is 29.7 Å². The summed E-state index contributed by atoms with van der Waals surface area (Å²) in [5.74, 6) is -1.64. The molecule has 0 spiro atoms. The van der Waals surface area contributed by atoms with Crippen molar-refractivity contribution in [1.29, 1.82) is 0 Å². The molecule has 0 unspecified atom stereocenters. The van der Waals surface area contributed by atoms with Crippen LogP contribution in [0.4, 0.5) is 0 Å². The molecular weight excluding hydrogens is 538 g/mol. The van der Waals surface area contributed by atoms with Crippen LogP contribution in [0, 0.1) is 5.92 Å². The summed E-state index contributed by atoms with van der Waals surface area (Å²) in [5.41, 5.74) is 0.734. The highest BCUT2D eigenvalue weighted by Crippen LogP contribution is 2.22. The van der Waals surface area contributed by atoms with Gasteiger partial charge in [0.15, 0.2) is 0 Å². The smallest absolute Gasteiger partial charge is 0.328 e. The van der Waals surface area contributed by atoms with Crippen LogP contribution in [0.15, 0.2) is 24.3 Å². The van der Waals surface area contributed by atoms with Gasteiger partial charge in [-0.1, -0.05) is 65.5 Å². The van der Waals surface area contributed by atoms with Gasteiger partial charge < -0.3 is 25.0 Å². The zero-order valence-corrected chi connectivity index (χ0v) is 25.9. The second-order valence-corrected chi connectivity index (χ2v) is 11.3. The number of benzene rings is 1. The van der Waals surface area contributed by atoms with Crippen LogP contribution in [0.2, 0.25) is 0 Å². The summed E-state index contributed by atoms with van der Waals surface area (Å²) in [6, 6.07) is 4.31. The van der Waals surface area contributed by atoms with Crippen molar-refractivity contribution in [3.05, 3.63) is 29.8 Å². The molecule has 234 valence electrons. The van der Waals surface area contributed by atoms with Crippen molar-refractivity contribution < 1.29 is 33.4 Å². The van der Waals surface area contributed by atoms with Gasteiger partial charge in [0, 0.05) is 25.8 Å². The van der Waals surface area contributed by atoms with Crippen LogP contribution in [-0.4, -0.2) is 66.3 Å². The molecule has 42 heavy (non-hydrogen) atoms. The molecule has 1 saturated heterocycles. The Morgan fingerprint density at radius 3 is 2.17 bits per heavy atom. The topological polar surface area (TPSA) is 131 Å². The zero-order chi connectivity index (χ0) is 31.1. The molecule has 3 amide bonds. The molecule has 1 aliphatic rings. The van der Waals surface area contributed by atoms with Crippen LogP contribution in [0.1, 0.15) is 97.5 Å². The Kier molecular flexibility index (Phi) is 15.1. The van der Waals surface area contributed by atoms with Crippen molar-refractivity contribution in [1.82, 2.24) is 15.5 Å². The molecule has 1 heterocycles. The van der Waals surface area contributed by atoms with E-state index in [1.165, 1.54) is 12.0 Å². The number of rotatable bonds is 17. The van der Waals surface area contributed by atoms with Gasteiger partial charge in [0.2, 0.25) is 17.7 Å². The molecule has 1 fully saturated rings. The fourth-order valence-corrected chi connectivity index (χ4v) is 5.02. The number of amides is 3. The summed E-state index contributed by atoms with van der Waals surface area (Å²) in [6.07, 6.45) is 7.36. The average molecular weight is 588 g/mol. The normalized spacial score (nSPS) is 16.0. The van der Waals surface area contributed by atoms with E-state index in [9.17, 15) is 24.0 Å². The quantitative estimate of drug-likeness (QED) is 0.159. The summed E-state index contributed by atoms with van der Waals surface area (Å²) < 4.78 is 10.3. The minimum atomic E-state index is -0.983. The molecule has 0 aliphatic carbocycles. The summed E-state index contributed by atoms with van der Waals surface area (Å²) in [6.45, 7) is 8.17. The third-order valence-corrected chi connectivity index (χ3v) is 7.48. The van der Waals surface area contributed by atoms with Crippen LogP contribution >= 0.6 is 0 Å². The maximum Gasteiger partial charge on any atom is 0.328 e. The molecule has 0 bridgehead atoms. The van der Waals surface area contributed by atoms with Crippen molar-refractivity contribution in [3.8, 4) is 5.75 Å². The Morgan fingerprint density at radius 1 is 0.929 bits per heavy atom. The van der Waals surface area contributed by atoms with Gasteiger partial charge in [0.1, 0.15) is 23.9 Å². The van der Waals surface area contributed by atoms with Crippen molar-refractivity contribution in [2.45, 2.75) is 116 Å². The van der Waals surface area contributed by atoms with Crippen LogP contribution in [0.3, 0.4) is 0 Å². The highest BCUT2D eigenvalue weighted by atomic mass is 16.5. The van der Waals surface area contributed by atoms with Gasteiger partial charge in [-0.15, -0.1) is 0 Å². The molecule has 1 aromatic carbocycles. The number of carbonyl (C=O) groups is 5. The monoisotopic (exact) mass is 587 g/mol. The highest BCUT2D eigenvalue weighted by Gasteiger charge is 2.39. The van der Waals surface area contributed by atoms with Crippen LogP contribution in [0.5, 0.6) is 5.75 Å². The van der Waals surface area contributed by atoms with Gasteiger partial charge in [0.25, 0.3) is 0 Å². The number of nitrogens with one attached hydrogen (secondary N) is 2. The Balaban J connectivity index is 2.21. The Morgan fingerprint density at radius 2 is 1.57 bits per heavy atom. The molecule has 1 aromatic rings. The van der Waals surface area contributed by atoms with E-state index in [2.05, 4.69) is 24.5 Å². The molecule has 0 radical (unpaired) electrons. The number of esters is 2. The first-order valence-electron chi connectivity index (χ1n) is 15.4. The lowest BCUT2D eigenvalue weighted by Crippen LogP contribution is -2.57. The maximum absolute atomic E-state index is 13.8. The average Bonchev–Trinajstić information content (AvgIpc) is 3.46. The molecule has 0 aromatic heterocycles. The SMILES string of the molecule is CCCCCC(=O)N[C@H](C(=O)N[C@@H](Cc1ccc(OC(=O)CCCCC)cc1)C(=O)N1CCC[C@H]1C(=O)OC)C(C)C. The lowest BCUT2D eigenvalue weighted by atomic mass is 10.00. The first-order chi connectivity index (χ1) is 20.1. The minimum Gasteiger partial charge on any atom is -0.467 e. The van der Waals surface area contributed by atoms with Gasteiger partial charge in [-0.05, 0) is 49.3 Å². The van der Waals surface area contributed by atoms with E-state index in [0.717, 1.165) is 44.1 Å². The molecule has 10 nitrogen and oxygen atoms in total. The number of likely N-dealkylation sites (tertiary alicyclic amines) is 1. The first-order valence-corrected chi connectivity index (χ1v) is 15.4. The van der Waals surface area contributed by atoms with Crippen molar-refractivity contribution in [3.63, 3.8) is 0 Å². The molecule has 0 saturated carbocycles. The van der Waals surface area contributed by atoms with Crippen LogP contribution in [-0.2, 0) is 35.1 Å². The van der Waals surface area contributed by atoms with E-state index in [1.54, 1.807) is 24.3 Å². The summed E-state index contributed by atoms with van der Waals surface area (Å²) >= 11 is 0. The van der Waals surface area contributed by atoms with E-state index in [0.29, 0.717) is 38.0 Å². The van der Waals surface area contributed by atoms with Gasteiger partial charge >= 0.3 is 11.9 Å². The summed E-state index contributed by atoms with van der Waals surface area (Å²) in [4.78, 5) is 65.7. The number of ether oxygens (including phenoxy) is 2. The third kappa shape index (κ3) is 11.1. The largest absolute Gasteiger partial charge is 0.467 e. The Bertz CT molecular complexity index is 1040. The number of hydrogen-bond acceptors (Lipinski definition) is 7. The number of methoxy groups -OCH3 is 1. The Labute approximate surface area is 250 Å². The standard InChI is InChI=1S/C32H49N3O7/c1-6-8-10-14-27(36)34-29(22(3)4)30(38)33-25(31(39)35-20-12-13-26(35)32(40)41-5)21-23-16-18-24(19-17-23)42-28(37)15-11-9-7-2/h16-19,22,25-26,29H,6-15,20-21H2,1-5H3,(H,33,38)(H,34,36)/t25-,26-,29-/m0/s1. The third-order valence-electron chi connectivity index (χ3n) is 7.48. The predicted molar refractivity (Wildman–Crippen MR) is 160 cm³/mol. The van der Waals surface area contributed by atoms with E-state index < -0.39 is 30.0 Å². The number of nitrogens with zero attached hydrogens (tertiary/aromatic N) is 1. The number of unbranched alkanes of at least 4 members (excludes halogenated alkanes) is 4. The minimum absolute atomic E-state index is 0.148. The van der Waals surface area contributed by atoms with E-state index in [1.807, 2.05) is 13.8 Å². The lowest BCUT2D eigenvalue weighted by Gasteiger charge is -2.30. The van der Waals surface area contributed by atoms with Crippen molar-refractivity contribution in [2.75, 3.05) is 13.7 Å². The van der Waals surface area contributed by atoms with E-state index >= 15 is 0 Å². The molecule has 2 N–H and O–H groups in total. The first kappa shape index (κ1) is 34.8. The zero-order valence-electron chi connectivity index (χ0n) is 25.9. The van der Waals surface area contributed by atoms with Crippen LogP contribution in [0.25, 0.3) is 0 Å². The van der Waals surface area contributed by atoms with Crippen molar-refractivity contribution in [2.24, 2.45) is 5.92 Å². The fraction of sp³-hybridized carbons (Fsp3) is 0.656. The predicted octanol–water partition coefficient (Wildman–Crippen LogP) is 4.08.